The average molecular weight is 312 g/mol. The van der Waals surface area contributed by atoms with Crippen LogP contribution in [0.4, 0.5) is 8.78 Å². The van der Waals surface area contributed by atoms with E-state index in [4.69, 9.17) is 0 Å². The van der Waals surface area contributed by atoms with Crippen molar-refractivity contribution in [3.63, 3.8) is 0 Å². The van der Waals surface area contributed by atoms with Crippen LogP contribution in [-0.2, 0) is 4.79 Å². The second-order valence-corrected chi connectivity index (χ2v) is 5.49. The highest BCUT2D eigenvalue weighted by Crippen LogP contribution is 2.32. The maximum Gasteiger partial charge on any atom is 0.254 e. The standard InChI is InChI=1S/C15H18F2N2O3/c1-19(8-13(20)9-2-3-9)14(21)7-18-15(22)11-5-4-10(16)6-12(11)17/h4-6,9,13,20H,2-3,7-8H2,1H3,(H,18,22). The van der Waals surface area contributed by atoms with Gasteiger partial charge >= 0.3 is 0 Å². The first kappa shape index (κ1) is 16.4. The van der Waals surface area contributed by atoms with E-state index in [2.05, 4.69) is 5.32 Å². The Morgan fingerprint density at radius 2 is 2.09 bits per heavy atom. The van der Waals surface area contributed by atoms with Crippen LogP contribution >= 0.6 is 0 Å². The molecule has 0 spiro atoms. The predicted octanol–water partition coefficient (Wildman–Crippen LogP) is 0.924. The molecule has 0 saturated heterocycles. The molecule has 2 amide bonds. The van der Waals surface area contributed by atoms with Crippen LogP contribution in [0.15, 0.2) is 18.2 Å². The van der Waals surface area contributed by atoms with Crippen LogP contribution in [0.2, 0.25) is 0 Å². The van der Waals surface area contributed by atoms with Gasteiger partial charge in [0.2, 0.25) is 5.91 Å². The number of aliphatic hydroxyl groups is 1. The summed E-state index contributed by atoms with van der Waals surface area (Å²) in [5.74, 6) is -2.70. The molecule has 1 unspecified atom stereocenters. The maximum atomic E-state index is 13.4. The van der Waals surface area contributed by atoms with Crippen LogP contribution in [0.1, 0.15) is 23.2 Å². The molecule has 2 rings (SSSR count). The Labute approximate surface area is 126 Å². The van der Waals surface area contributed by atoms with Gasteiger partial charge in [-0.3, -0.25) is 9.59 Å². The van der Waals surface area contributed by atoms with Crippen molar-refractivity contribution in [3.8, 4) is 0 Å². The molecule has 1 fully saturated rings. The number of amides is 2. The largest absolute Gasteiger partial charge is 0.391 e. The fraction of sp³-hybridized carbons (Fsp3) is 0.467. The van der Waals surface area contributed by atoms with Crippen LogP contribution < -0.4 is 5.32 Å². The number of nitrogens with one attached hydrogen (secondary N) is 1. The van der Waals surface area contributed by atoms with E-state index in [1.807, 2.05) is 0 Å². The molecule has 2 N–H and O–H groups in total. The predicted molar refractivity (Wildman–Crippen MR) is 75.1 cm³/mol. The fourth-order valence-electron chi connectivity index (χ4n) is 2.07. The number of carbonyl (C=O) groups is 2. The number of carbonyl (C=O) groups excluding carboxylic acids is 2. The molecule has 0 heterocycles. The first-order valence-electron chi connectivity index (χ1n) is 7.03. The highest BCUT2D eigenvalue weighted by molar-refractivity contribution is 5.96. The molecule has 22 heavy (non-hydrogen) atoms. The summed E-state index contributed by atoms with van der Waals surface area (Å²) in [6.45, 7) is -0.117. The summed E-state index contributed by atoms with van der Waals surface area (Å²) in [5, 5.41) is 12.0. The molecule has 0 radical (unpaired) electrons. The topological polar surface area (TPSA) is 69.6 Å². The third-order valence-electron chi connectivity index (χ3n) is 3.63. The highest BCUT2D eigenvalue weighted by atomic mass is 19.1. The molecular formula is C15H18F2N2O3. The van der Waals surface area contributed by atoms with Crippen LogP contribution in [0.25, 0.3) is 0 Å². The molecule has 1 aliphatic carbocycles. The van der Waals surface area contributed by atoms with Gasteiger partial charge in [0, 0.05) is 19.7 Å². The lowest BCUT2D eigenvalue weighted by Crippen LogP contribution is -2.41. The molecule has 0 aliphatic heterocycles. The summed E-state index contributed by atoms with van der Waals surface area (Å²) in [5.41, 5.74) is -0.324. The van der Waals surface area contributed by atoms with E-state index in [0.29, 0.717) is 6.07 Å². The van der Waals surface area contributed by atoms with Gasteiger partial charge in [0.05, 0.1) is 18.2 Å². The zero-order valence-corrected chi connectivity index (χ0v) is 12.2. The number of nitrogens with zero attached hydrogens (tertiary/aromatic N) is 1. The van der Waals surface area contributed by atoms with Crippen LogP contribution in [-0.4, -0.2) is 48.1 Å². The molecule has 1 atom stereocenters. The number of likely N-dealkylation sites (N-methyl/N-ethyl adjacent to an activating group) is 1. The Bertz CT molecular complexity index is 576. The Morgan fingerprint density at radius 3 is 2.68 bits per heavy atom. The lowest BCUT2D eigenvalue weighted by atomic mass is 10.2. The monoisotopic (exact) mass is 312 g/mol. The van der Waals surface area contributed by atoms with Gasteiger partial charge in [0.15, 0.2) is 0 Å². The van der Waals surface area contributed by atoms with E-state index >= 15 is 0 Å². The molecule has 1 aromatic rings. The van der Waals surface area contributed by atoms with E-state index < -0.39 is 29.6 Å². The zero-order chi connectivity index (χ0) is 16.3. The smallest absolute Gasteiger partial charge is 0.254 e. The minimum absolute atomic E-state index is 0.199. The van der Waals surface area contributed by atoms with Crippen LogP contribution in [0, 0.1) is 17.6 Å². The number of rotatable bonds is 6. The van der Waals surface area contributed by atoms with Gasteiger partial charge in [0.1, 0.15) is 11.6 Å². The quantitative estimate of drug-likeness (QED) is 0.821. The molecule has 7 heteroatoms. The third kappa shape index (κ3) is 4.24. The number of hydrogen-bond donors (Lipinski definition) is 2. The summed E-state index contributed by atoms with van der Waals surface area (Å²) in [6, 6.07) is 2.60. The summed E-state index contributed by atoms with van der Waals surface area (Å²) >= 11 is 0. The van der Waals surface area contributed by atoms with E-state index in [1.54, 1.807) is 0 Å². The Kier molecular flexibility index (Phi) is 5.07. The molecule has 1 saturated carbocycles. The lowest BCUT2D eigenvalue weighted by Gasteiger charge is -2.21. The van der Waals surface area contributed by atoms with Crippen molar-refractivity contribution >= 4 is 11.8 Å². The van der Waals surface area contributed by atoms with Gasteiger partial charge in [-0.05, 0) is 30.9 Å². The van der Waals surface area contributed by atoms with Gasteiger partial charge < -0.3 is 15.3 Å². The first-order chi connectivity index (χ1) is 10.4. The van der Waals surface area contributed by atoms with Gasteiger partial charge in [-0.2, -0.15) is 0 Å². The van der Waals surface area contributed by atoms with Crippen molar-refractivity contribution in [2.75, 3.05) is 20.1 Å². The number of hydrogen-bond acceptors (Lipinski definition) is 3. The Hall–Kier alpha value is -2.02. The van der Waals surface area contributed by atoms with Crippen molar-refractivity contribution in [2.24, 2.45) is 5.92 Å². The zero-order valence-electron chi connectivity index (χ0n) is 12.2. The van der Waals surface area contributed by atoms with E-state index in [1.165, 1.54) is 11.9 Å². The van der Waals surface area contributed by atoms with Crippen molar-refractivity contribution in [1.29, 1.82) is 0 Å². The second kappa shape index (κ2) is 6.83. The summed E-state index contributed by atoms with van der Waals surface area (Å²) in [7, 11) is 1.53. The average Bonchev–Trinajstić information content (AvgIpc) is 3.28. The highest BCUT2D eigenvalue weighted by Gasteiger charge is 2.31. The maximum absolute atomic E-state index is 13.4. The van der Waals surface area contributed by atoms with Crippen LogP contribution in [0.3, 0.4) is 0 Å². The van der Waals surface area contributed by atoms with Crippen molar-refractivity contribution in [2.45, 2.75) is 18.9 Å². The Balaban J connectivity index is 1.83. The SMILES string of the molecule is CN(CC(O)C1CC1)C(=O)CNC(=O)c1ccc(F)cc1F. The number of benzene rings is 1. The number of halogens is 2. The van der Waals surface area contributed by atoms with E-state index in [0.717, 1.165) is 25.0 Å². The van der Waals surface area contributed by atoms with Gasteiger partial charge in [-0.15, -0.1) is 0 Å². The van der Waals surface area contributed by atoms with E-state index in [-0.39, 0.29) is 24.6 Å². The molecule has 1 aromatic carbocycles. The molecular weight excluding hydrogens is 294 g/mol. The Morgan fingerprint density at radius 1 is 1.41 bits per heavy atom. The second-order valence-electron chi connectivity index (χ2n) is 5.49. The molecule has 0 aromatic heterocycles. The first-order valence-corrected chi connectivity index (χ1v) is 7.03. The van der Waals surface area contributed by atoms with Gasteiger partial charge in [-0.1, -0.05) is 0 Å². The van der Waals surface area contributed by atoms with Crippen LogP contribution in [0.5, 0.6) is 0 Å². The summed E-state index contributed by atoms with van der Waals surface area (Å²) in [4.78, 5) is 24.9. The molecule has 1 aliphatic rings. The molecule has 0 bridgehead atoms. The minimum Gasteiger partial charge on any atom is -0.391 e. The lowest BCUT2D eigenvalue weighted by molar-refractivity contribution is -0.130. The van der Waals surface area contributed by atoms with Gasteiger partial charge in [-0.25, -0.2) is 8.78 Å². The summed E-state index contributed by atoms with van der Waals surface area (Å²) in [6.07, 6.45) is 1.37. The van der Waals surface area contributed by atoms with Crippen molar-refractivity contribution in [3.05, 3.63) is 35.4 Å². The minimum atomic E-state index is -0.984. The van der Waals surface area contributed by atoms with Crippen molar-refractivity contribution < 1.29 is 23.5 Å². The fourth-order valence-corrected chi connectivity index (χ4v) is 2.07. The molecule has 5 nitrogen and oxygen atoms in total. The number of aliphatic hydroxyl groups excluding tert-OH is 1. The van der Waals surface area contributed by atoms with E-state index in [9.17, 15) is 23.5 Å². The molecule has 120 valence electrons. The summed E-state index contributed by atoms with van der Waals surface area (Å²) < 4.78 is 26.2. The van der Waals surface area contributed by atoms with Gasteiger partial charge in [0.25, 0.3) is 5.91 Å². The normalized spacial score (nSPS) is 15.3. The van der Waals surface area contributed by atoms with Crippen molar-refractivity contribution in [1.82, 2.24) is 10.2 Å². The third-order valence-corrected chi connectivity index (χ3v) is 3.63.